The van der Waals surface area contributed by atoms with Crippen LogP contribution in [0, 0.1) is 5.82 Å². The first-order chi connectivity index (χ1) is 14.8. The van der Waals surface area contributed by atoms with Gasteiger partial charge in [0.2, 0.25) is 0 Å². The van der Waals surface area contributed by atoms with Crippen molar-refractivity contribution in [3.8, 4) is 11.1 Å². The molecule has 9 heteroatoms. The van der Waals surface area contributed by atoms with Crippen LogP contribution in [0.1, 0.15) is 33.2 Å². The number of amides is 1. The number of hydrogen-bond acceptors (Lipinski definition) is 5. The fraction of sp³-hybridized carbons (Fsp3) is 0.136. The number of aliphatic hydroxyl groups excluding tert-OH is 1. The number of hydrogen-bond donors (Lipinski definition) is 3. The highest BCUT2D eigenvalue weighted by Gasteiger charge is 2.23. The Balaban J connectivity index is 1.82. The number of carbonyl (C=O) groups is 2. The third kappa shape index (κ3) is 3.66. The van der Waals surface area contributed by atoms with Crippen LogP contribution >= 0.6 is 0 Å². The number of rotatable bonds is 5. The van der Waals surface area contributed by atoms with Crippen LogP contribution in [0.3, 0.4) is 0 Å². The van der Waals surface area contributed by atoms with Crippen LogP contribution in [0.15, 0.2) is 49.1 Å². The van der Waals surface area contributed by atoms with Crippen molar-refractivity contribution < 1.29 is 19.1 Å². The Bertz CT molecular complexity index is 1340. The predicted molar refractivity (Wildman–Crippen MR) is 114 cm³/mol. The number of nitrogens with two attached hydrogens (primary N) is 1. The van der Waals surface area contributed by atoms with Gasteiger partial charge in [-0.25, -0.2) is 4.39 Å². The summed E-state index contributed by atoms with van der Waals surface area (Å²) in [4.78, 5) is 25.3. The number of aromatic nitrogens is 3. The molecule has 0 spiro atoms. The molecule has 0 atom stereocenters. The number of pyridine rings is 1. The zero-order valence-electron chi connectivity index (χ0n) is 16.9. The van der Waals surface area contributed by atoms with Crippen LogP contribution in [0.4, 0.5) is 15.8 Å². The molecule has 3 heterocycles. The Kier molecular flexibility index (Phi) is 5.04. The van der Waals surface area contributed by atoms with E-state index < -0.39 is 11.7 Å². The summed E-state index contributed by atoms with van der Waals surface area (Å²) in [6.45, 7) is 1.00. The van der Waals surface area contributed by atoms with E-state index in [-0.39, 0.29) is 34.8 Å². The van der Waals surface area contributed by atoms with Gasteiger partial charge >= 0.3 is 0 Å². The van der Waals surface area contributed by atoms with Gasteiger partial charge in [-0.2, -0.15) is 5.10 Å². The molecule has 0 fully saturated rings. The van der Waals surface area contributed by atoms with E-state index in [0.29, 0.717) is 22.3 Å². The minimum Gasteiger partial charge on any atom is -0.399 e. The van der Waals surface area contributed by atoms with E-state index in [0.717, 1.165) is 0 Å². The third-order valence-corrected chi connectivity index (χ3v) is 4.99. The van der Waals surface area contributed by atoms with Gasteiger partial charge in [-0.3, -0.25) is 14.3 Å². The van der Waals surface area contributed by atoms with Crippen molar-refractivity contribution in [2.75, 3.05) is 11.1 Å². The lowest BCUT2D eigenvalue weighted by molar-refractivity contribution is 0.0987. The number of aryl methyl sites for hydroxylation is 1. The first-order valence-electron chi connectivity index (χ1n) is 9.43. The number of Topliss-reactive ketones (excluding diaryl/α,β-unsaturated/α-hetero) is 1. The van der Waals surface area contributed by atoms with E-state index in [1.807, 2.05) is 0 Å². The number of halogens is 1. The summed E-state index contributed by atoms with van der Waals surface area (Å²) in [6.07, 6.45) is 6.29. The number of nitrogen functional groups attached to an aromatic ring is 1. The SMILES string of the molecule is CC(=O)c1cn2ccc(N)cc2c1C(=O)Nc1cc(CO)cc(-c2cnn(C)c2)c1F. The molecule has 4 rings (SSSR count). The molecule has 0 aliphatic carbocycles. The molecule has 8 nitrogen and oxygen atoms in total. The number of nitrogens with one attached hydrogen (secondary N) is 1. The van der Waals surface area contributed by atoms with Crippen molar-refractivity contribution in [2.24, 2.45) is 7.05 Å². The zero-order chi connectivity index (χ0) is 22.3. The van der Waals surface area contributed by atoms with Crippen LogP contribution in [-0.2, 0) is 13.7 Å². The van der Waals surface area contributed by atoms with Gasteiger partial charge in [0.15, 0.2) is 11.6 Å². The molecule has 3 aromatic heterocycles. The van der Waals surface area contributed by atoms with Gasteiger partial charge in [-0.1, -0.05) is 0 Å². The van der Waals surface area contributed by atoms with Gasteiger partial charge in [0, 0.05) is 48.0 Å². The van der Waals surface area contributed by atoms with Crippen LogP contribution < -0.4 is 11.1 Å². The van der Waals surface area contributed by atoms with Crippen LogP contribution in [0.25, 0.3) is 16.6 Å². The number of fused-ring (bicyclic) bond motifs is 1. The number of aliphatic hydroxyl groups is 1. The van der Waals surface area contributed by atoms with Gasteiger partial charge in [0.25, 0.3) is 5.91 Å². The number of ketones is 1. The minimum atomic E-state index is -0.675. The molecule has 0 saturated carbocycles. The van der Waals surface area contributed by atoms with E-state index in [1.54, 1.807) is 36.0 Å². The molecule has 1 amide bonds. The second-order valence-corrected chi connectivity index (χ2v) is 7.25. The Morgan fingerprint density at radius 2 is 2.03 bits per heavy atom. The van der Waals surface area contributed by atoms with E-state index in [9.17, 15) is 14.7 Å². The molecule has 0 bridgehead atoms. The van der Waals surface area contributed by atoms with Crippen LogP contribution in [0.5, 0.6) is 0 Å². The quantitative estimate of drug-likeness (QED) is 0.429. The lowest BCUT2D eigenvalue weighted by Crippen LogP contribution is -2.16. The topological polar surface area (TPSA) is 115 Å². The number of nitrogens with zero attached hydrogens (tertiary/aromatic N) is 3. The van der Waals surface area contributed by atoms with Crippen molar-refractivity contribution in [3.63, 3.8) is 0 Å². The van der Waals surface area contributed by atoms with E-state index in [2.05, 4.69) is 10.4 Å². The Labute approximate surface area is 176 Å². The summed E-state index contributed by atoms with van der Waals surface area (Å²) in [5.41, 5.74) is 7.96. The maximum atomic E-state index is 15.3. The van der Waals surface area contributed by atoms with Crippen molar-refractivity contribution in [1.29, 1.82) is 0 Å². The zero-order valence-corrected chi connectivity index (χ0v) is 16.9. The maximum absolute atomic E-state index is 15.3. The second kappa shape index (κ2) is 7.69. The summed E-state index contributed by atoms with van der Waals surface area (Å²) < 4.78 is 18.4. The highest BCUT2D eigenvalue weighted by molar-refractivity contribution is 6.16. The molecular weight excluding hydrogens is 401 g/mol. The maximum Gasteiger partial charge on any atom is 0.258 e. The van der Waals surface area contributed by atoms with Crippen LogP contribution in [-0.4, -0.2) is 31.0 Å². The molecule has 0 aliphatic heterocycles. The largest absolute Gasteiger partial charge is 0.399 e. The lowest BCUT2D eigenvalue weighted by Gasteiger charge is -2.12. The third-order valence-electron chi connectivity index (χ3n) is 4.99. The average molecular weight is 421 g/mol. The molecule has 1 aromatic carbocycles. The van der Waals surface area contributed by atoms with Crippen molar-refractivity contribution >= 4 is 28.6 Å². The van der Waals surface area contributed by atoms with Crippen LogP contribution in [0.2, 0.25) is 0 Å². The fourth-order valence-corrected chi connectivity index (χ4v) is 3.51. The van der Waals surface area contributed by atoms with Gasteiger partial charge in [-0.05, 0) is 36.8 Å². The molecule has 31 heavy (non-hydrogen) atoms. The van der Waals surface area contributed by atoms with Gasteiger partial charge < -0.3 is 20.6 Å². The molecular formula is C22H20FN5O3. The van der Waals surface area contributed by atoms with Gasteiger partial charge in [0.1, 0.15) is 0 Å². The number of benzene rings is 1. The van der Waals surface area contributed by atoms with Gasteiger partial charge in [0.05, 0.1) is 29.6 Å². The standard InChI is InChI=1S/C22H20FN5O3/c1-12(30)17-10-28-4-3-15(24)7-19(28)20(17)22(31)26-18-6-13(11-29)5-16(21(18)23)14-8-25-27(2)9-14/h3-10,29H,11,24H2,1-2H3,(H,26,31). The highest BCUT2D eigenvalue weighted by atomic mass is 19.1. The van der Waals surface area contributed by atoms with Crippen molar-refractivity contribution in [1.82, 2.24) is 14.2 Å². The monoisotopic (exact) mass is 421 g/mol. The van der Waals surface area contributed by atoms with Gasteiger partial charge in [-0.15, -0.1) is 0 Å². The Hall–Kier alpha value is -3.98. The van der Waals surface area contributed by atoms with Crippen molar-refractivity contribution in [3.05, 3.63) is 71.6 Å². The summed E-state index contributed by atoms with van der Waals surface area (Å²) in [5, 5.41) is 16.2. The molecule has 158 valence electrons. The number of anilines is 2. The Morgan fingerprint density at radius 3 is 2.68 bits per heavy atom. The summed E-state index contributed by atoms with van der Waals surface area (Å²) >= 11 is 0. The highest BCUT2D eigenvalue weighted by Crippen LogP contribution is 2.31. The molecule has 0 saturated heterocycles. The minimum absolute atomic E-state index is 0.0940. The second-order valence-electron chi connectivity index (χ2n) is 7.25. The van der Waals surface area contributed by atoms with E-state index in [1.165, 1.54) is 36.1 Å². The molecule has 0 radical (unpaired) electrons. The molecule has 0 unspecified atom stereocenters. The van der Waals surface area contributed by atoms with Crippen molar-refractivity contribution in [2.45, 2.75) is 13.5 Å². The number of carbonyl (C=O) groups excluding carboxylic acids is 2. The fourth-order valence-electron chi connectivity index (χ4n) is 3.51. The Morgan fingerprint density at radius 1 is 1.26 bits per heavy atom. The molecule has 0 aliphatic rings. The normalized spacial score (nSPS) is 11.1. The molecule has 4 N–H and O–H groups in total. The first kappa shape index (κ1) is 20.3. The summed E-state index contributed by atoms with van der Waals surface area (Å²) in [7, 11) is 1.70. The summed E-state index contributed by atoms with van der Waals surface area (Å²) in [6, 6.07) is 6.07. The lowest BCUT2D eigenvalue weighted by atomic mass is 10.0. The van der Waals surface area contributed by atoms with E-state index in [4.69, 9.17) is 5.73 Å². The predicted octanol–water partition coefficient (Wildman–Crippen LogP) is 3.01. The summed E-state index contributed by atoms with van der Waals surface area (Å²) in [5.74, 6) is -1.65. The molecule has 4 aromatic rings. The van der Waals surface area contributed by atoms with E-state index >= 15 is 4.39 Å². The first-order valence-corrected chi connectivity index (χ1v) is 9.43. The average Bonchev–Trinajstić information content (AvgIpc) is 3.32. The smallest absolute Gasteiger partial charge is 0.258 e.